The van der Waals surface area contributed by atoms with E-state index in [4.69, 9.17) is 14.9 Å². The summed E-state index contributed by atoms with van der Waals surface area (Å²) in [6.45, 7) is 2.27. The van der Waals surface area contributed by atoms with Crippen LogP contribution in [0.3, 0.4) is 0 Å². The van der Waals surface area contributed by atoms with Crippen LogP contribution in [0.15, 0.2) is 21.3 Å². The smallest absolute Gasteiger partial charge is 0.417 e. The van der Waals surface area contributed by atoms with Gasteiger partial charge < -0.3 is 14.9 Å². The Balaban J connectivity index is 1.84. The molecule has 1 aromatic heterocycles. The van der Waals surface area contributed by atoms with E-state index in [1.165, 1.54) is 12.8 Å². The Labute approximate surface area is 110 Å². The van der Waals surface area contributed by atoms with Gasteiger partial charge in [-0.3, -0.25) is 4.98 Å². The van der Waals surface area contributed by atoms with Crippen molar-refractivity contribution >= 4 is 16.8 Å². The largest absolute Gasteiger partial charge is 0.488 e. The van der Waals surface area contributed by atoms with Crippen molar-refractivity contribution in [3.05, 3.63) is 22.7 Å². The lowest BCUT2D eigenvalue weighted by Gasteiger charge is -2.27. The molecule has 19 heavy (non-hydrogen) atoms. The summed E-state index contributed by atoms with van der Waals surface area (Å²) in [7, 11) is 0. The first-order valence-corrected chi connectivity index (χ1v) is 6.71. The number of aromatic amines is 1. The molecule has 1 aromatic carbocycles. The Hall–Kier alpha value is -1.91. The average molecular weight is 262 g/mol. The standard InChI is InChI=1S/C14H18N2O3/c1-8-2-4-9(5-3-8)18-12-7-11-13(6-10(12)15)19-14(17)16-11/h6-9H,2-5,15H2,1H3,(H,16,17). The van der Waals surface area contributed by atoms with Crippen LogP contribution >= 0.6 is 0 Å². The van der Waals surface area contributed by atoms with E-state index < -0.39 is 5.76 Å². The predicted molar refractivity (Wildman–Crippen MR) is 73.3 cm³/mol. The third-order valence-electron chi connectivity index (χ3n) is 3.81. The van der Waals surface area contributed by atoms with Crippen molar-refractivity contribution in [3.63, 3.8) is 0 Å². The first-order chi connectivity index (χ1) is 9.11. The molecule has 3 N–H and O–H groups in total. The lowest BCUT2D eigenvalue weighted by molar-refractivity contribution is 0.136. The minimum atomic E-state index is -0.474. The minimum absolute atomic E-state index is 0.217. The normalized spacial score (nSPS) is 23.6. The van der Waals surface area contributed by atoms with Crippen LogP contribution in [-0.4, -0.2) is 11.1 Å². The van der Waals surface area contributed by atoms with Gasteiger partial charge in [0.05, 0.1) is 17.3 Å². The van der Waals surface area contributed by atoms with E-state index in [9.17, 15) is 4.79 Å². The highest BCUT2D eigenvalue weighted by molar-refractivity contribution is 5.80. The topological polar surface area (TPSA) is 81.2 Å². The maximum Gasteiger partial charge on any atom is 0.417 e. The first kappa shape index (κ1) is 12.1. The number of nitrogen functional groups attached to an aromatic ring is 1. The quantitative estimate of drug-likeness (QED) is 0.815. The van der Waals surface area contributed by atoms with Gasteiger partial charge in [0, 0.05) is 12.1 Å². The average Bonchev–Trinajstić information content (AvgIpc) is 2.72. The molecule has 3 rings (SSSR count). The molecule has 0 atom stereocenters. The number of fused-ring (bicyclic) bond motifs is 1. The van der Waals surface area contributed by atoms with Crippen LogP contribution in [0.25, 0.3) is 11.1 Å². The van der Waals surface area contributed by atoms with Crippen LogP contribution in [-0.2, 0) is 0 Å². The monoisotopic (exact) mass is 262 g/mol. The van der Waals surface area contributed by atoms with Crippen molar-refractivity contribution in [1.29, 1.82) is 0 Å². The van der Waals surface area contributed by atoms with Gasteiger partial charge in [0.1, 0.15) is 5.75 Å². The molecular formula is C14H18N2O3. The van der Waals surface area contributed by atoms with E-state index in [0.29, 0.717) is 22.5 Å². The molecule has 0 spiro atoms. The number of anilines is 1. The van der Waals surface area contributed by atoms with E-state index in [1.54, 1.807) is 12.1 Å². The zero-order valence-corrected chi connectivity index (χ0v) is 10.9. The molecule has 0 saturated heterocycles. The van der Waals surface area contributed by atoms with Gasteiger partial charge in [-0.05, 0) is 31.6 Å². The van der Waals surface area contributed by atoms with Crippen LogP contribution in [0.2, 0.25) is 0 Å². The minimum Gasteiger partial charge on any atom is -0.488 e. The Morgan fingerprint density at radius 3 is 2.79 bits per heavy atom. The van der Waals surface area contributed by atoms with E-state index in [2.05, 4.69) is 11.9 Å². The van der Waals surface area contributed by atoms with Crippen LogP contribution < -0.4 is 16.2 Å². The van der Waals surface area contributed by atoms with E-state index in [0.717, 1.165) is 18.8 Å². The molecule has 0 unspecified atom stereocenters. The molecule has 0 aliphatic heterocycles. The molecule has 5 heteroatoms. The number of hydrogen-bond acceptors (Lipinski definition) is 4. The molecule has 1 aliphatic rings. The number of rotatable bonds is 2. The van der Waals surface area contributed by atoms with E-state index in [1.807, 2.05) is 0 Å². The van der Waals surface area contributed by atoms with Crippen molar-refractivity contribution in [2.45, 2.75) is 38.7 Å². The van der Waals surface area contributed by atoms with Crippen molar-refractivity contribution in [3.8, 4) is 5.75 Å². The third kappa shape index (κ3) is 2.45. The lowest BCUT2D eigenvalue weighted by Crippen LogP contribution is -2.23. The predicted octanol–water partition coefficient (Wildman–Crippen LogP) is 2.66. The van der Waals surface area contributed by atoms with E-state index in [-0.39, 0.29) is 6.10 Å². The van der Waals surface area contributed by atoms with Crippen LogP contribution in [0.1, 0.15) is 32.6 Å². The Morgan fingerprint density at radius 1 is 1.32 bits per heavy atom. The number of ether oxygens (including phenoxy) is 1. The maximum absolute atomic E-state index is 11.1. The summed E-state index contributed by atoms with van der Waals surface area (Å²) in [6.07, 6.45) is 4.71. The Kier molecular flexibility index (Phi) is 2.97. The van der Waals surface area contributed by atoms with E-state index >= 15 is 0 Å². The molecular weight excluding hydrogens is 244 g/mol. The molecule has 102 valence electrons. The number of nitrogens with two attached hydrogens (primary N) is 1. The number of oxazole rings is 1. The molecule has 0 bridgehead atoms. The van der Waals surface area contributed by atoms with Gasteiger partial charge in [0.15, 0.2) is 5.58 Å². The van der Waals surface area contributed by atoms with Gasteiger partial charge >= 0.3 is 5.76 Å². The Morgan fingerprint density at radius 2 is 2.05 bits per heavy atom. The van der Waals surface area contributed by atoms with Crippen molar-refractivity contribution in [2.75, 3.05) is 5.73 Å². The summed E-state index contributed by atoms with van der Waals surface area (Å²) < 4.78 is 10.9. The van der Waals surface area contributed by atoms with Gasteiger partial charge in [0.2, 0.25) is 0 Å². The highest BCUT2D eigenvalue weighted by Crippen LogP contribution is 2.31. The van der Waals surface area contributed by atoms with Gasteiger partial charge in [-0.15, -0.1) is 0 Å². The molecule has 0 amide bonds. The molecule has 5 nitrogen and oxygen atoms in total. The molecule has 1 aliphatic carbocycles. The summed E-state index contributed by atoms with van der Waals surface area (Å²) in [5.74, 6) is 0.937. The number of hydrogen-bond donors (Lipinski definition) is 2. The first-order valence-electron chi connectivity index (χ1n) is 6.71. The van der Waals surface area contributed by atoms with Crippen LogP contribution in [0, 0.1) is 5.92 Å². The molecule has 2 aromatic rings. The number of nitrogens with one attached hydrogen (secondary N) is 1. The molecule has 1 saturated carbocycles. The summed E-state index contributed by atoms with van der Waals surface area (Å²) in [5, 5.41) is 0. The second-order valence-corrected chi connectivity index (χ2v) is 5.40. The fourth-order valence-corrected chi connectivity index (χ4v) is 2.62. The fraction of sp³-hybridized carbons (Fsp3) is 0.500. The fourth-order valence-electron chi connectivity index (χ4n) is 2.62. The third-order valence-corrected chi connectivity index (χ3v) is 3.81. The highest BCUT2D eigenvalue weighted by Gasteiger charge is 2.20. The zero-order chi connectivity index (χ0) is 13.4. The van der Waals surface area contributed by atoms with Gasteiger partial charge in [-0.1, -0.05) is 6.92 Å². The molecule has 0 radical (unpaired) electrons. The lowest BCUT2D eigenvalue weighted by atomic mass is 9.89. The van der Waals surface area contributed by atoms with Gasteiger partial charge in [-0.25, -0.2) is 4.79 Å². The summed E-state index contributed by atoms with van der Waals surface area (Å²) in [6, 6.07) is 3.38. The van der Waals surface area contributed by atoms with Gasteiger partial charge in [-0.2, -0.15) is 0 Å². The number of H-pyrrole nitrogens is 1. The van der Waals surface area contributed by atoms with Gasteiger partial charge in [0.25, 0.3) is 0 Å². The molecule has 1 fully saturated rings. The second-order valence-electron chi connectivity index (χ2n) is 5.40. The number of aromatic nitrogens is 1. The molecule has 1 heterocycles. The van der Waals surface area contributed by atoms with Crippen molar-refractivity contribution in [2.24, 2.45) is 5.92 Å². The zero-order valence-electron chi connectivity index (χ0n) is 10.9. The summed E-state index contributed by atoms with van der Waals surface area (Å²) in [5.41, 5.74) is 7.54. The highest BCUT2D eigenvalue weighted by atomic mass is 16.5. The summed E-state index contributed by atoms with van der Waals surface area (Å²) in [4.78, 5) is 13.7. The van der Waals surface area contributed by atoms with Crippen molar-refractivity contribution < 1.29 is 9.15 Å². The SMILES string of the molecule is CC1CCC(Oc2cc3[nH]c(=O)oc3cc2N)CC1. The van der Waals surface area contributed by atoms with Crippen molar-refractivity contribution in [1.82, 2.24) is 4.98 Å². The summed E-state index contributed by atoms with van der Waals surface area (Å²) >= 11 is 0. The second kappa shape index (κ2) is 4.64. The van der Waals surface area contributed by atoms with Crippen LogP contribution in [0.4, 0.5) is 5.69 Å². The van der Waals surface area contributed by atoms with Crippen LogP contribution in [0.5, 0.6) is 5.75 Å². The Bertz CT molecular complexity index is 636. The maximum atomic E-state index is 11.1. The number of benzene rings is 1.